The topological polar surface area (TPSA) is 121 Å². The van der Waals surface area contributed by atoms with Gasteiger partial charge in [0.15, 0.2) is 0 Å². The van der Waals surface area contributed by atoms with Crippen molar-refractivity contribution in [3.63, 3.8) is 0 Å². The first-order valence-corrected chi connectivity index (χ1v) is 11.6. The van der Waals surface area contributed by atoms with Crippen LogP contribution in [0.3, 0.4) is 0 Å². The SMILES string of the molecule is CC1(C)CC(=O)N=C1/C=C1\[N-]C(=O)CC1(C)C.CC1(C)CC(=O)N=C1/C=C1\[N-]C(=O)CC1(C)C.[Zn+2]. The third kappa shape index (κ3) is 6.49. The minimum Gasteiger partial charge on any atom is -0.630 e. The average molecular weight is 532 g/mol. The molecule has 4 aliphatic rings. The van der Waals surface area contributed by atoms with Crippen LogP contribution < -0.4 is 0 Å². The number of hydrogen-bond acceptors (Lipinski definition) is 4. The molecule has 0 N–H and O–H groups in total. The molecule has 0 aliphatic carbocycles. The van der Waals surface area contributed by atoms with Crippen LogP contribution in [0, 0.1) is 21.7 Å². The van der Waals surface area contributed by atoms with Crippen LogP contribution in [0.2, 0.25) is 0 Å². The first kappa shape index (κ1) is 29.0. The van der Waals surface area contributed by atoms with Crippen molar-refractivity contribution in [3.8, 4) is 0 Å². The van der Waals surface area contributed by atoms with Crippen molar-refractivity contribution in [1.29, 1.82) is 0 Å². The molecule has 4 aliphatic heterocycles. The van der Waals surface area contributed by atoms with Gasteiger partial charge in [0.1, 0.15) is 0 Å². The van der Waals surface area contributed by atoms with Crippen molar-refractivity contribution in [2.24, 2.45) is 31.6 Å². The third-order valence-corrected chi connectivity index (χ3v) is 6.67. The van der Waals surface area contributed by atoms with Crippen molar-refractivity contribution >= 4 is 35.1 Å². The summed E-state index contributed by atoms with van der Waals surface area (Å²) in [7, 11) is 0. The van der Waals surface area contributed by atoms with E-state index in [4.69, 9.17) is 0 Å². The van der Waals surface area contributed by atoms with Gasteiger partial charge in [-0.2, -0.15) is 0 Å². The van der Waals surface area contributed by atoms with Gasteiger partial charge in [-0.25, -0.2) is 9.98 Å². The second kappa shape index (κ2) is 9.64. The smallest absolute Gasteiger partial charge is 0.630 e. The zero-order chi connectivity index (χ0) is 25.7. The van der Waals surface area contributed by atoms with Crippen LogP contribution in [0.5, 0.6) is 0 Å². The molecule has 0 aromatic rings. The second-order valence-electron chi connectivity index (χ2n) is 12.1. The summed E-state index contributed by atoms with van der Waals surface area (Å²) in [5, 5.41) is 8.05. The minimum absolute atomic E-state index is 0. The van der Waals surface area contributed by atoms with E-state index in [2.05, 4.69) is 20.6 Å². The van der Waals surface area contributed by atoms with E-state index in [1.165, 1.54) is 0 Å². The molecule has 2 fully saturated rings. The molecule has 4 rings (SSSR count). The minimum atomic E-state index is -0.249. The molecule has 0 atom stereocenters. The Morgan fingerprint density at radius 3 is 1.09 bits per heavy atom. The largest absolute Gasteiger partial charge is 2.00 e. The van der Waals surface area contributed by atoms with E-state index in [0.29, 0.717) is 25.7 Å². The summed E-state index contributed by atoms with van der Waals surface area (Å²) in [6.07, 6.45) is 5.35. The maximum Gasteiger partial charge on any atom is 2.00 e. The van der Waals surface area contributed by atoms with Gasteiger partial charge in [0.2, 0.25) is 11.8 Å². The molecule has 0 radical (unpaired) electrons. The van der Waals surface area contributed by atoms with Gasteiger partial charge in [0.05, 0.1) is 11.8 Å². The fourth-order valence-electron chi connectivity index (χ4n) is 4.34. The molecule has 0 spiro atoms. The standard InChI is InChI=1S/2C13H18N2O2.Zn/c2*1-12(2)6-10(16)14-8(12)5-9-13(3,4)7-11(17)15-9;/h2*5H,6-7H2,1-4H3,(H,14,15,16,17);/q;;+2/p-2. The Balaban J connectivity index is 0.000000240. The molecule has 0 aromatic carbocycles. The van der Waals surface area contributed by atoms with Crippen molar-refractivity contribution in [1.82, 2.24) is 0 Å². The van der Waals surface area contributed by atoms with Crippen molar-refractivity contribution in [2.75, 3.05) is 0 Å². The Kier molecular flexibility index (Phi) is 7.98. The Hall–Kier alpha value is -2.28. The molecular formula is C26H34N4O4Zn. The van der Waals surface area contributed by atoms with Gasteiger partial charge in [0.25, 0.3) is 0 Å². The zero-order valence-electron chi connectivity index (χ0n) is 22.1. The number of rotatable bonds is 2. The monoisotopic (exact) mass is 530 g/mol. The van der Waals surface area contributed by atoms with Crippen LogP contribution in [0.1, 0.15) is 81.1 Å². The van der Waals surface area contributed by atoms with Gasteiger partial charge in [-0.05, 0) is 23.7 Å². The number of aliphatic imine (C=N–C) groups is 2. The predicted molar refractivity (Wildman–Crippen MR) is 131 cm³/mol. The van der Waals surface area contributed by atoms with E-state index in [0.717, 1.165) is 22.8 Å². The Bertz CT molecular complexity index is 1000. The molecule has 0 bridgehead atoms. The van der Waals surface area contributed by atoms with Crippen LogP contribution >= 0.6 is 0 Å². The summed E-state index contributed by atoms with van der Waals surface area (Å²) in [6.45, 7) is 15.9. The fraction of sp³-hybridized carbons (Fsp3) is 0.615. The number of carbonyl (C=O) groups excluding carboxylic acids is 4. The molecule has 9 heteroatoms. The molecule has 2 saturated heterocycles. The molecule has 0 unspecified atom stereocenters. The third-order valence-electron chi connectivity index (χ3n) is 6.67. The number of hydrogen-bond donors (Lipinski definition) is 0. The summed E-state index contributed by atoms with van der Waals surface area (Å²) in [5.41, 5.74) is 1.96. The van der Waals surface area contributed by atoms with Crippen molar-refractivity contribution in [3.05, 3.63) is 34.2 Å². The van der Waals surface area contributed by atoms with E-state index in [1.54, 1.807) is 0 Å². The molecule has 4 amide bonds. The van der Waals surface area contributed by atoms with Gasteiger partial charge in [-0.3, -0.25) is 9.59 Å². The van der Waals surface area contributed by atoms with E-state index in [-0.39, 0.29) is 64.8 Å². The molecular weight excluding hydrogens is 498 g/mol. The quantitative estimate of drug-likeness (QED) is 0.455. The number of carbonyl (C=O) groups is 4. The van der Waals surface area contributed by atoms with E-state index >= 15 is 0 Å². The molecule has 35 heavy (non-hydrogen) atoms. The average Bonchev–Trinajstić information content (AvgIpc) is 3.23. The molecule has 0 aromatic heterocycles. The summed E-state index contributed by atoms with van der Waals surface area (Å²) in [4.78, 5) is 53.5. The Morgan fingerprint density at radius 1 is 0.571 bits per heavy atom. The van der Waals surface area contributed by atoms with Gasteiger partial charge in [0, 0.05) is 35.1 Å². The molecule has 4 heterocycles. The van der Waals surface area contributed by atoms with Gasteiger partial charge in [-0.1, -0.05) is 67.5 Å². The van der Waals surface area contributed by atoms with Gasteiger partial charge in [-0.15, -0.1) is 11.4 Å². The van der Waals surface area contributed by atoms with E-state index < -0.39 is 0 Å². The normalized spacial score (nSPS) is 27.7. The van der Waals surface area contributed by atoms with Gasteiger partial charge >= 0.3 is 19.5 Å². The van der Waals surface area contributed by atoms with Crippen LogP contribution in [0.4, 0.5) is 0 Å². The molecule has 0 saturated carbocycles. The number of allylic oxidation sites excluding steroid dienone is 4. The van der Waals surface area contributed by atoms with Crippen LogP contribution in [0.15, 0.2) is 33.5 Å². The summed E-state index contributed by atoms with van der Waals surface area (Å²) in [5.74, 6) is -0.374. The zero-order valence-corrected chi connectivity index (χ0v) is 25.1. The predicted octanol–water partition coefficient (Wildman–Crippen LogP) is 5.19. The summed E-state index contributed by atoms with van der Waals surface area (Å²) >= 11 is 0. The summed E-state index contributed by atoms with van der Waals surface area (Å²) in [6, 6.07) is 0. The Labute approximate surface area is 220 Å². The molecule has 8 nitrogen and oxygen atoms in total. The maximum atomic E-state index is 11.4. The number of nitrogens with zero attached hydrogens (tertiary/aromatic N) is 4. The van der Waals surface area contributed by atoms with Crippen LogP contribution in [-0.4, -0.2) is 35.1 Å². The van der Waals surface area contributed by atoms with Gasteiger partial charge < -0.3 is 20.2 Å². The first-order valence-electron chi connectivity index (χ1n) is 11.6. The maximum absolute atomic E-state index is 11.4. The van der Waals surface area contributed by atoms with E-state index in [9.17, 15) is 19.2 Å². The Morgan fingerprint density at radius 2 is 0.886 bits per heavy atom. The van der Waals surface area contributed by atoms with Crippen molar-refractivity contribution < 1.29 is 38.7 Å². The van der Waals surface area contributed by atoms with Crippen molar-refractivity contribution in [2.45, 2.75) is 81.1 Å². The van der Waals surface area contributed by atoms with E-state index in [1.807, 2.05) is 67.5 Å². The fourth-order valence-corrected chi connectivity index (χ4v) is 4.34. The van der Waals surface area contributed by atoms with Crippen LogP contribution in [0.25, 0.3) is 10.6 Å². The molecule has 184 valence electrons. The first-order chi connectivity index (χ1) is 15.4. The number of amides is 4. The second-order valence-corrected chi connectivity index (χ2v) is 12.1. The van der Waals surface area contributed by atoms with Crippen LogP contribution in [-0.2, 0) is 38.7 Å². The summed E-state index contributed by atoms with van der Waals surface area (Å²) < 4.78 is 0.